The second-order valence-electron chi connectivity index (χ2n) is 7.52. The number of likely N-dealkylation sites (N-methyl/N-ethyl adjacent to an activating group) is 1. The second-order valence-corrected chi connectivity index (χ2v) is 7.52. The van der Waals surface area contributed by atoms with Crippen molar-refractivity contribution in [1.29, 1.82) is 0 Å². The number of nitrogens with zero attached hydrogens (tertiary/aromatic N) is 2. The summed E-state index contributed by atoms with van der Waals surface area (Å²) in [7, 11) is 1.75. The summed E-state index contributed by atoms with van der Waals surface area (Å²) in [4.78, 5) is 28.3. The molecule has 1 saturated heterocycles. The van der Waals surface area contributed by atoms with Gasteiger partial charge in [-0.3, -0.25) is 9.59 Å². The zero-order chi connectivity index (χ0) is 20.8. The molecule has 1 atom stereocenters. The van der Waals surface area contributed by atoms with Crippen LogP contribution in [0.25, 0.3) is 0 Å². The molecule has 0 aromatic heterocycles. The molecular weight excluding hydrogens is 371 g/mol. The van der Waals surface area contributed by atoms with Crippen LogP contribution in [0.1, 0.15) is 24.0 Å². The lowest BCUT2D eigenvalue weighted by Gasteiger charge is -2.34. The van der Waals surface area contributed by atoms with Gasteiger partial charge in [-0.1, -0.05) is 35.9 Å². The Morgan fingerprint density at radius 1 is 1.21 bits per heavy atom. The molecule has 1 heterocycles. The summed E-state index contributed by atoms with van der Waals surface area (Å²) in [6, 6.07) is 14.2. The van der Waals surface area contributed by atoms with Crippen LogP contribution in [0.5, 0.6) is 5.75 Å². The highest BCUT2D eigenvalue weighted by atomic mass is 19.1. The summed E-state index contributed by atoms with van der Waals surface area (Å²) in [6.07, 6.45) is 0.827. The molecule has 154 valence electrons. The van der Waals surface area contributed by atoms with Crippen LogP contribution in [0, 0.1) is 18.7 Å². The van der Waals surface area contributed by atoms with Crippen molar-refractivity contribution in [2.24, 2.45) is 5.92 Å². The molecule has 1 fully saturated rings. The van der Waals surface area contributed by atoms with E-state index < -0.39 is 0 Å². The molecule has 2 amide bonds. The number of halogens is 1. The Morgan fingerprint density at radius 2 is 1.93 bits per heavy atom. The number of piperidine rings is 1. The van der Waals surface area contributed by atoms with Crippen LogP contribution in [0.15, 0.2) is 48.5 Å². The molecule has 0 saturated carbocycles. The van der Waals surface area contributed by atoms with Crippen molar-refractivity contribution in [2.45, 2.75) is 26.3 Å². The highest BCUT2D eigenvalue weighted by Crippen LogP contribution is 2.22. The summed E-state index contributed by atoms with van der Waals surface area (Å²) < 4.78 is 19.6. The van der Waals surface area contributed by atoms with E-state index >= 15 is 0 Å². The molecular formula is C23H27FN2O3. The Balaban J connectivity index is 1.52. The van der Waals surface area contributed by atoms with E-state index in [9.17, 15) is 14.0 Å². The molecule has 1 aliphatic heterocycles. The van der Waals surface area contributed by atoms with Gasteiger partial charge in [0.25, 0.3) is 0 Å². The zero-order valence-electron chi connectivity index (χ0n) is 16.9. The van der Waals surface area contributed by atoms with Gasteiger partial charge in [0.2, 0.25) is 11.8 Å². The lowest BCUT2D eigenvalue weighted by Crippen LogP contribution is -2.46. The van der Waals surface area contributed by atoms with E-state index in [1.54, 1.807) is 35.0 Å². The van der Waals surface area contributed by atoms with Gasteiger partial charge >= 0.3 is 0 Å². The summed E-state index contributed by atoms with van der Waals surface area (Å²) in [5.41, 5.74) is 1.63. The fourth-order valence-corrected chi connectivity index (χ4v) is 3.46. The van der Waals surface area contributed by atoms with Gasteiger partial charge < -0.3 is 14.5 Å². The number of rotatable bonds is 7. The van der Waals surface area contributed by atoms with E-state index in [0.29, 0.717) is 38.1 Å². The minimum Gasteiger partial charge on any atom is -0.492 e. The highest BCUT2D eigenvalue weighted by Gasteiger charge is 2.32. The second kappa shape index (κ2) is 9.54. The summed E-state index contributed by atoms with van der Waals surface area (Å²) >= 11 is 0. The average molecular weight is 398 g/mol. The van der Waals surface area contributed by atoms with E-state index in [-0.39, 0.29) is 30.1 Å². The zero-order valence-corrected chi connectivity index (χ0v) is 16.9. The third-order valence-corrected chi connectivity index (χ3v) is 5.26. The Kier molecular flexibility index (Phi) is 6.86. The first kappa shape index (κ1) is 20.8. The maximum atomic E-state index is 13.9. The molecule has 0 bridgehead atoms. The number of benzene rings is 2. The smallest absolute Gasteiger partial charge is 0.227 e. The van der Waals surface area contributed by atoms with Crippen LogP contribution in [0.3, 0.4) is 0 Å². The Hall–Kier alpha value is -2.89. The molecule has 6 heteroatoms. The number of carbonyl (C=O) groups excluding carboxylic acids is 2. The van der Waals surface area contributed by atoms with E-state index in [0.717, 1.165) is 11.3 Å². The monoisotopic (exact) mass is 398 g/mol. The molecule has 0 spiro atoms. The number of amides is 2. The quantitative estimate of drug-likeness (QED) is 0.718. The van der Waals surface area contributed by atoms with E-state index in [1.165, 1.54) is 6.07 Å². The van der Waals surface area contributed by atoms with Gasteiger partial charge in [0.05, 0.1) is 12.5 Å². The van der Waals surface area contributed by atoms with Crippen molar-refractivity contribution in [3.63, 3.8) is 0 Å². The normalized spacial score (nSPS) is 16.6. The molecule has 0 aliphatic carbocycles. The molecule has 0 N–H and O–H groups in total. The Labute approximate surface area is 171 Å². The van der Waals surface area contributed by atoms with E-state index in [4.69, 9.17) is 4.74 Å². The maximum absolute atomic E-state index is 13.9. The first-order chi connectivity index (χ1) is 13.9. The lowest BCUT2D eigenvalue weighted by molar-refractivity contribution is -0.143. The predicted molar refractivity (Wildman–Crippen MR) is 109 cm³/mol. The number of likely N-dealkylation sites (tertiary alicyclic amines) is 1. The summed E-state index contributed by atoms with van der Waals surface area (Å²) in [6.45, 7) is 3.38. The lowest BCUT2D eigenvalue weighted by atomic mass is 9.95. The minimum atomic E-state index is -0.334. The molecule has 0 unspecified atom stereocenters. The molecule has 29 heavy (non-hydrogen) atoms. The van der Waals surface area contributed by atoms with Gasteiger partial charge in [0.15, 0.2) is 0 Å². The topological polar surface area (TPSA) is 49.9 Å². The van der Waals surface area contributed by atoms with Gasteiger partial charge in [-0.15, -0.1) is 0 Å². The minimum absolute atomic E-state index is 0.0106. The maximum Gasteiger partial charge on any atom is 0.227 e. The predicted octanol–water partition coefficient (Wildman–Crippen LogP) is 3.41. The van der Waals surface area contributed by atoms with Gasteiger partial charge in [0, 0.05) is 32.1 Å². The third-order valence-electron chi connectivity index (χ3n) is 5.26. The van der Waals surface area contributed by atoms with Gasteiger partial charge in [-0.2, -0.15) is 0 Å². The third kappa shape index (κ3) is 5.56. The standard InChI is InChI=1S/C23H27FN2O3/c1-17-7-10-20(11-8-17)29-14-13-25(2)23(28)19-9-12-22(27)26(16-19)15-18-5-3-4-6-21(18)24/h3-8,10-11,19H,9,12-16H2,1-2H3/t19-/m0/s1. The average Bonchev–Trinajstić information content (AvgIpc) is 2.72. The molecule has 5 nitrogen and oxygen atoms in total. The summed E-state index contributed by atoms with van der Waals surface area (Å²) in [5.74, 6) is 0.116. The van der Waals surface area contributed by atoms with Crippen molar-refractivity contribution in [1.82, 2.24) is 9.80 Å². The van der Waals surface area contributed by atoms with Crippen LogP contribution in [0.4, 0.5) is 4.39 Å². The van der Waals surface area contributed by atoms with Crippen LogP contribution in [-0.2, 0) is 16.1 Å². The molecule has 2 aromatic rings. The number of carbonyl (C=O) groups is 2. The number of ether oxygens (including phenoxy) is 1. The van der Waals surface area contributed by atoms with Crippen LogP contribution in [-0.4, -0.2) is 48.4 Å². The van der Waals surface area contributed by atoms with Crippen molar-refractivity contribution in [3.8, 4) is 5.75 Å². The van der Waals surface area contributed by atoms with Crippen molar-refractivity contribution >= 4 is 11.8 Å². The van der Waals surface area contributed by atoms with Crippen molar-refractivity contribution in [3.05, 3.63) is 65.5 Å². The Bertz CT molecular complexity index is 853. The van der Waals surface area contributed by atoms with Gasteiger partial charge in [0.1, 0.15) is 18.2 Å². The first-order valence-electron chi connectivity index (χ1n) is 9.89. The SMILES string of the molecule is Cc1ccc(OCCN(C)C(=O)[C@H]2CCC(=O)N(Cc3ccccc3F)C2)cc1. The molecule has 1 aliphatic rings. The van der Waals surface area contributed by atoms with Crippen LogP contribution >= 0.6 is 0 Å². The molecule has 2 aromatic carbocycles. The van der Waals surface area contributed by atoms with Crippen molar-refractivity contribution < 1.29 is 18.7 Å². The van der Waals surface area contributed by atoms with Crippen LogP contribution < -0.4 is 4.74 Å². The number of aryl methyl sites for hydroxylation is 1. The first-order valence-corrected chi connectivity index (χ1v) is 9.89. The fraction of sp³-hybridized carbons (Fsp3) is 0.391. The largest absolute Gasteiger partial charge is 0.492 e. The highest BCUT2D eigenvalue weighted by molar-refractivity contribution is 5.83. The van der Waals surface area contributed by atoms with E-state index in [1.807, 2.05) is 31.2 Å². The Morgan fingerprint density at radius 3 is 2.66 bits per heavy atom. The number of hydrogen-bond donors (Lipinski definition) is 0. The molecule has 0 radical (unpaired) electrons. The van der Waals surface area contributed by atoms with Crippen molar-refractivity contribution in [2.75, 3.05) is 26.7 Å². The number of hydrogen-bond acceptors (Lipinski definition) is 3. The van der Waals surface area contributed by atoms with Gasteiger partial charge in [-0.25, -0.2) is 4.39 Å². The molecule has 3 rings (SSSR count). The van der Waals surface area contributed by atoms with E-state index in [2.05, 4.69) is 0 Å². The summed E-state index contributed by atoms with van der Waals surface area (Å²) in [5, 5.41) is 0. The van der Waals surface area contributed by atoms with Crippen LogP contribution in [0.2, 0.25) is 0 Å². The van der Waals surface area contributed by atoms with Gasteiger partial charge in [-0.05, 0) is 31.5 Å². The fourth-order valence-electron chi connectivity index (χ4n) is 3.46.